The van der Waals surface area contributed by atoms with E-state index in [1.807, 2.05) is 0 Å². The summed E-state index contributed by atoms with van der Waals surface area (Å²) in [5.41, 5.74) is 7.40. The monoisotopic (exact) mass is 329 g/mol. The van der Waals surface area contributed by atoms with Crippen LogP contribution in [0.25, 0.3) is 11.3 Å². The minimum Gasteiger partial charge on any atom is -0.396 e. The minimum atomic E-state index is -3.00. The van der Waals surface area contributed by atoms with Crippen LogP contribution in [-0.2, 0) is 9.84 Å². The predicted octanol–water partition coefficient (Wildman–Crippen LogP) is 2.28. The molecule has 0 aliphatic carbocycles. The zero-order valence-electron chi connectivity index (χ0n) is 11.0. The molecule has 0 bridgehead atoms. The number of sulfone groups is 1. The number of anilines is 1. The maximum absolute atomic E-state index is 13.2. The SMILES string of the molecule is Nc1cn(C2CCS(=O)(=O)C2)nc1-c1ccc(F)c(Cl)c1. The Kier molecular flexibility index (Phi) is 3.41. The van der Waals surface area contributed by atoms with Crippen molar-refractivity contribution in [3.05, 3.63) is 35.2 Å². The van der Waals surface area contributed by atoms with Gasteiger partial charge in [0.25, 0.3) is 0 Å². The molecule has 1 aliphatic heterocycles. The summed E-state index contributed by atoms with van der Waals surface area (Å²) in [6, 6.07) is 4.03. The molecular weight excluding hydrogens is 317 g/mol. The van der Waals surface area contributed by atoms with Gasteiger partial charge >= 0.3 is 0 Å². The van der Waals surface area contributed by atoms with Crippen LogP contribution in [0.5, 0.6) is 0 Å². The highest BCUT2D eigenvalue weighted by Crippen LogP contribution is 2.31. The van der Waals surface area contributed by atoms with E-state index in [4.69, 9.17) is 17.3 Å². The summed E-state index contributed by atoms with van der Waals surface area (Å²) in [6.45, 7) is 0. The van der Waals surface area contributed by atoms with Crippen molar-refractivity contribution >= 4 is 27.1 Å². The lowest BCUT2D eigenvalue weighted by Crippen LogP contribution is -2.11. The second kappa shape index (κ2) is 4.99. The van der Waals surface area contributed by atoms with Gasteiger partial charge in [-0.3, -0.25) is 4.68 Å². The first-order valence-corrected chi connectivity index (χ1v) is 8.56. The molecule has 2 N–H and O–H groups in total. The molecule has 1 fully saturated rings. The van der Waals surface area contributed by atoms with Gasteiger partial charge in [0.1, 0.15) is 11.5 Å². The summed E-state index contributed by atoms with van der Waals surface area (Å²) in [5.74, 6) is -0.285. The molecule has 3 rings (SSSR count). The normalized spacial score (nSPS) is 20.8. The fraction of sp³-hybridized carbons (Fsp3) is 0.308. The second-order valence-electron chi connectivity index (χ2n) is 5.10. The number of halogens is 2. The van der Waals surface area contributed by atoms with E-state index < -0.39 is 15.7 Å². The lowest BCUT2D eigenvalue weighted by Gasteiger charge is -2.07. The Morgan fingerprint density at radius 1 is 1.43 bits per heavy atom. The third-order valence-corrected chi connectivity index (χ3v) is 5.58. The Hall–Kier alpha value is -1.60. The van der Waals surface area contributed by atoms with Crippen LogP contribution in [0.2, 0.25) is 5.02 Å². The molecule has 1 aromatic carbocycles. The first-order chi connectivity index (χ1) is 9.85. The molecule has 1 aliphatic rings. The van der Waals surface area contributed by atoms with Gasteiger partial charge in [0.05, 0.1) is 28.3 Å². The van der Waals surface area contributed by atoms with Crippen LogP contribution in [-0.4, -0.2) is 29.7 Å². The van der Waals surface area contributed by atoms with Crippen LogP contribution in [0.3, 0.4) is 0 Å². The fourth-order valence-electron chi connectivity index (χ4n) is 2.44. The molecule has 1 saturated heterocycles. The molecule has 0 saturated carbocycles. The van der Waals surface area contributed by atoms with Gasteiger partial charge < -0.3 is 5.73 Å². The van der Waals surface area contributed by atoms with Gasteiger partial charge in [0, 0.05) is 11.8 Å². The number of nitrogen functional groups attached to an aromatic ring is 1. The molecule has 0 spiro atoms. The van der Waals surface area contributed by atoms with Gasteiger partial charge in [-0.05, 0) is 24.6 Å². The van der Waals surface area contributed by atoms with Gasteiger partial charge in [0.15, 0.2) is 9.84 Å². The first kappa shape index (κ1) is 14.3. The number of rotatable bonds is 2. The minimum absolute atomic E-state index is 0.00936. The Bertz CT molecular complexity index is 804. The number of nitrogens with two attached hydrogens (primary N) is 1. The van der Waals surface area contributed by atoms with Crippen molar-refractivity contribution in [1.82, 2.24) is 9.78 Å². The van der Waals surface area contributed by atoms with Crippen LogP contribution < -0.4 is 5.73 Å². The Morgan fingerprint density at radius 3 is 2.81 bits per heavy atom. The summed E-state index contributed by atoms with van der Waals surface area (Å²) < 4.78 is 37.8. The van der Waals surface area contributed by atoms with Gasteiger partial charge in [-0.15, -0.1) is 0 Å². The Labute approximate surface area is 126 Å². The zero-order valence-corrected chi connectivity index (χ0v) is 12.5. The number of aromatic nitrogens is 2. The lowest BCUT2D eigenvalue weighted by atomic mass is 10.1. The van der Waals surface area contributed by atoms with Crippen molar-refractivity contribution < 1.29 is 12.8 Å². The van der Waals surface area contributed by atoms with Gasteiger partial charge in [-0.1, -0.05) is 11.6 Å². The highest BCUT2D eigenvalue weighted by Gasteiger charge is 2.30. The van der Waals surface area contributed by atoms with Crippen molar-refractivity contribution in [1.29, 1.82) is 0 Å². The average Bonchev–Trinajstić information content (AvgIpc) is 2.96. The summed E-state index contributed by atoms with van der Waals surface area (Å²) >= 11 is 5.76. The Balaban J connectivity index is 1.96. The molecule has 0 radical (unpaired) electrons. The zero-order chi connectivity index (χ0) is 15.2. The van der Waals surface area contributed by atoms with E-state index in [1.165, 1.54) is 18.2 Å². The molecule has 1 unspecified atom stereocenters. The Morgan fingerprint density at radius 2 is 2.19 bits per heavy atom. The maximum Gasteiger partial charge on any atom is 0.152 e. The third-order valence-electron chi connectivity index (χ3n) is 3.54. The molecule has 1 aromatic heterocycles. The molecule has 112 valence electrons. The van der Waals surface area contributed by atoms with Crippen LogP contribution >= 0.6 is 11.6 Å². The topological polar surface area (TPSA) is 78.0 Å². The average molecular weight is 330 g/mol. The largest absolute Gasteiger partial charge is 0.396 e. The number of benzene rings is 1. The van der Waals surface area contributed by atoms with E-state index in [0.717, 1.165) is 0 Å². The highest BCUT2D eigenvalue weighted by molar-refractivity contribution is 7.91. The quantitative estimate of drug-likeness (QED) is 0.917. The van der Waals surface area contributed by atoms with Crippen molar-refractivity contribution in [2.45, 2.75) is 12.5 Å². The van der Waals surface area contributed by atoms with Crippen molar-refractivity contribution in [2.75, 3.05) is 17.2 Å². The maximum atomic E-state index is 13.2. The standard InChI is InChI=1S/C13H13ClFN3O2S/c14-10-5-8(1-2-11(10)15)13-12(16)6-18(17-13)9-3-4-21(19,20)7-9/h1-2,5-6,9H,3-4,7,16H2. The van der Waals surface area contributed by atoms with Crippen LogP contribution in [0.1, 0.15) is 12.5 Å². The van der Waals surface area contributed by atoms with Gasteiger partial charge in [-0.2, -0.15) is 5.10 Å². The van der Waals surface area contributed by atoms with Crippen LogP contribution in [0, 0.1) is 5.82 Å². The highest BCUT2D eigenvalue weighted by atomic mass is 35.5. The fourth-order valence-corrected chi connectivity index (χ4v) is 4.33. The molecule has 1 atom stereocenters. The van der Waals surface area contributed by atoms with E-state index >= 15 is 0 Å². The van der Waals surface area contributed by atoms with Crippen molar-refractivity contribution in [2.24, 2.45) is 0 Å². The summed E-state index contributed by atoms with van der Waals surface area (Å²) in [5, 5.41) is 4.34. The summed E-state index contributed by atoms with van der Waals surface area (Å²) in [6.07, 6.45) is 2.13. The number of nitrogens with zero attached hydrogens (tertiary/aromatic N) is 2. The van der Waals surface area contributed by atoms with Gasteiger partial charge in [-0.25, -0.2) is 12.8 Å². The van der Waals surface area contributed by atoms with Crippen LogP contribution in [0.15, 0.2) is 24.4 Å². The van der Waals surface area contributed by atoms with E-state index in [-0.39, 0.29) is 22.6 Å². The summed E-state index contributed by atoms with van der Waals surface area (Å²) in [7, 11) is -3.00. The van der Waals surface area contributed by atoms with Gasteiger partial charge in [0.2, 0.25) is 0 Å². The molecule has 8 heteroatoms. The molecular formula is C13H13ClFN3O2S. The van der Waals surface area contributed by atoms with Crippen LogP contribution in [0.4, 0.5) is 10.1 Å². The van der Waals surface area contributed by atoms with E-state index in [0.29, 0.717) is 23.4 Å². The van der Waals surface area contributed by atoms with E-state index in [9.17, 15) is 12.8 Å². The molecule has 2 aromatic rings. The van der Waals surface area contributed by atoms with E-state index in [1.54, 1.807) is 10.9 Å². The first-order valence-electron chi connectivity index (χ1n) is 6.36. The van der Waals surface area contributed by atoms with E-state index in [2.05, 4.69) is 5.10 Å². The third kappa shape index (κ3) is 2.75. The van der Waals surface area contributed by atoms with Crippen molar-refractivity contribution in [3.8, 4) is 11.3 Å². The molecule has 2 heterocycles. The second-order valence-corrected chi connectivity index (χ2v) is 7.73. The molecule has 21 heavy (non-hydrogen) atoms. The number of hydrogen-bond acceptors (Lipinski definition) is 4. The smallest absolute Gasteiger partial charge is 0.152 e. The molecule has 5 nitrogen and oxygen atoms in total. The molecule has 0 amide bonds. The number of hydrogen-bond donors (Lipinski definition) is 1. The predicted molar refractivity (Wildman–Crippen MR) is 79.4 cm³/mol. The van der Waals surface area contributed by atoms with Crippen molar-refractivity contribution in [3.63, 3.8) is 0 Å². The lowest BCUT2D eigenvalue weighted by molar-refractivity contribution is 0.501. The summed E-state index contributed by atoms with van der Waals surface area (Å²) in [4.78, 5) is 0.